The summed E-state index contributed by atoms with van der Waals surface area (Å²) in [7, 11) is 0. The van der Waals surface area contributed by atoms with Gasteiger partial charge in [-0.2, -0.15) is 10.2 Å². The third kappa shape index (κ3) is 3.92. The minimum atomic E-state index is -0.380. The van der Waals surface area contributed by atoms with Crippen LogP contribution in [0.4, 0.5) is 11.5 Å². The number of nitrogens with zero attached hydrogens (tertiary/aromatic N) is 5. The maximum atomic E-state index is 12.6. The van der Waals surface area contributed by atoms with Crippen molar-refractivity contribution in [3.8, 4) is 0 Å². The molecule has 1 N–H and O–H groups in total. The van der Waals surface area contributed by atoms with Crippen LogP contribution < -0.4 is 5.32 Å². The molecule has 0 aliphatic carbocycles. The second kappa shape index (κ2) is 9.26. The summed E-state index contributed by atoms with van der Waals surface area (Å²) in [5.74, 6) is 0.231. The number of hydrogen-bond donors (Lipinski definition) is 1. The molecule has 0 aliphatic heterocycles. The van der Waals surface area contributed by atoms with Gasteiger partial charge in [-0.1, -0.05) is 37.3 Å². The van der Waals surface area contributed by atoms with Crippen LogP contribution in [-0.4, -0.2) is 37.0 Å². The van der Waals surface area contributed by atoms with Crippen molar-refractivity contribution in [2.24, 2.45) is 0 Å². The minimum Gasteiger partial charge on any atom is -0.462 e. The number of aromatic nitrogens is 5. The summed E-state index contributed by atoms with van der Waals surface area (Å²) < 4.78 is 9.49. The fraction of sp³-hybridized carbons (Fsp3) is 0.200. The number of halogens is 1. The quantitative estimate of drug-likeness (QED) is 0.291. The predicted molar refractivity (Wildman–Crippen MR) is 135 cm³/mol. The highest BCUT2D eigenvalue weighted by Crippen LogP contribution is 2.33. The lowest BCUT2D eigenvalue weighted by atomic mass is 10.1. The van der Waals surface area contributed by atoms with E-state index in [-0.39, 0.29) is 5.97 Å². The Morgan fingerprint density at radius 3 is 2.71 bits per heavy atom. The molecule has 5 rings (SSSR count). The average Bonchev–Trinajstić information content (AvgIpc) is 3.38. The summed E-state index contributed by atoms with van der Waals surface area (Å²) in [6, 6.07) is 16.3. The topological polar surface area (TPSA) is 86.3 Å². The zero-order valence-corrected chi connectivity index (χ0v) is 20.4. The smallest absolute Gasteiger partial charge is 0.341 e. The molecule has 34 heavy (non-hydrogen) atoms. The van der Waals surface area contributed by atoms with Gasteiger partial charge in [-0.3, -0.25) is 4.68 Å². The summed E-state index contributed by atoms with van der Waals surface area (Å²) in [5.41, 5.74) is 5.15. The fourth-order valence-corrected chi connectivity index (χ4v) is 4.82. The predicted octanol–water partition coefficient (Wildman–Crippen LogP) is 5.37. The van der Waals surface area contributed by atoms with Crippen molar-refractivity contribution in [1.29, 1.82) is 0 Å². The van der Waals surface area contributed by atoms with E-state index in [0.717, 1.165) is 27.7 Å². The fourth-order valence-electron chi connectivity index (χ4n) is 4.15. The first-order chi connectivity index (χ1) is 16.6. The van der Waals surface area contributed by atoms with E-state index in [1.165, 1.54) is 11.9 Å². The van der Waals surface area contributed by atoms with E-state index in [1.807, 2.05) is 54.2 Å². The van der Waals surface area contributed by atoms with Crippen LogP contribution in [-0.2, 0) is 17.7 Å². The Kier molecular flexibility index (Phi) is 6.02. The highest BCUT2D eigenvalue weighted by atomic mass is 79.9. The summed E-state index contributed by atoms with van der Waals surface area (Å²) in [6.07, 6.45) is 3.95. The van der Waals surface area contributed by atoms with Crippen molar-refractivity contribution >= 4 is 49.8 Å². The van der Waals surface area contributed by atoms with Crippen molar-refractivity contribution in [1.82, 2.24) is 24.4 Å². The molecule has 3 heterocycles. The lowest BCUT2D eigenvalue weighted by Crippen LogP contribution is -2.07. The number of nitrogens with one attached hydrogen (secondary N) is 1. The van der Waals surface area contributed by atoms with E-state index in [9.17, 15) is 4.79 Å². The molecule has 5 aromatic rings. The molecule has 0 saturated carbocycles. The van der Waals surface area contributed by atoms with Crippen molar-refractivity contribution < 1.29 is 9.53 Å². The SMILES string of the molecule is CCOC(=O)c1c(CC)c2c(Nc3ccc4c(cnn4Cc4ccccc4)c3)ncnn2c1Br. The zero-order valence-electron chi connectivity index (χ0n) is 18.8. The Morgan fingerprint density at radius 2 is 1.94 bits per heavy atom. The summed E-state index contributed by atoms with van der Waals surface area (Å²) in [4.78, 5) is 17.1. The van der Waals surface area contributed by atoms with E-state index in [2.05, 4.69) is 48.6 Å². The van der Waals surface area contributed by atoms with Crippen LogP contribution in [0.3, 0.4) is 0 Å². The molecule has 8 nitrogen and oxygen atoms in total. The molecule has 0 spiro atoms. The lowest BCUT2D eigenvalue weighted by molar-refractivity contribution is 0.0524. The number of carbonyl (C=O) groups excluding carboxylic acids is 1. The molecule has 3 aromatic heterocycles. The monoisotopic (exact) mass is 518 g/mol. The molecule has 9 heteroatoms. The van der Waals surface area contributed by atoms with Crippen LogP contribution >= 0.6 is 15.9 Å². The van der Waals surface area contributed by atoms with Gasteiger partial charge in [0.25, 0.3) is 0 Å². The van der Waals surface area contributed by atoms with Gasteiger partial charge >= 0.3 is 5.97 Å². The van der Waals surface area contributed by atoms with Gasteiger partial charge in [-0.25, -0.2) is 14.3 Å². The summed E-state index contributed by atoms with van der Waals surface area (Å²) in [5, 5.41) is 13.3. The highest BCUT2D eigenvalue weighted by Gasteiger charge is 2.25. The van der Waals surface area contributed by atoms with E-state index in [1.54, 1.807) is 11.4 Å². The van der Waals surface area contributed by atoms with Gasteiger partial charge in [0.2, 0.25) is 0 Å². The second-order valence-electron chi connectivity index (χ2n) is 7.77. The molecule has 0 unspecified atom stereocenters. The molecule has 0 saturated heterocycles. The zero-order chi connectivity index (χ0) is 23.7. The van der Waals surface area contributed by atoms with Gasteiger partial charge in [0.05, 0.1) is 30.4 Å². The molecule has 0 amide bonds. The second-order valence-corrected chi connectivity index (χ2v) is 8.52. The van der Waals surface area contributed by atoms with E-state index >= 15 is 0 Å². The van der Waals surface area contributed by atoms with Crippen LogP contribution in [0.25, 0.3) is 16.4 Å². The number of aryl methyl sites for hydroxylation is 1. The Hall–Kier alpha value is -3.72. The lowest BCUT2D eigenvalue weighted by Gasteiger charge is -2.09. The summed E-state index contributed by atoms with van der Waals surface area (Å²) >= 11 is 3.53. The molecule has 0 radical (unpaired) electrons. The van der Waals surface area contributed by atoms with E-state index in [4.69, 9.17) is 4.74 Å². The van der Waals surface area contributed by atoms with Crippen LogP contribution in [0, 0.1) is 0 Å². The molecular formula is C25H23BrN6O2. The Balaban J connectivity index is 1.51. The van der Waals surface area contributed by atoms with Crippen molar-refractivity contribution in [2.45, 2.75) is 26.8 Å². The molecule has 0 bridgehead atoms. The summed E-state index contributed by atoms with van der Waals surface area (Å²) in [6.45, 7) is 4.79. The highest BCUT2D eigenvalue weighted by molar-refractivity contribution is 9.10. The maximum Gasteiger partial charge on any atom is 0.341 e. The number of rotatable bonds is 7. The first-order valence-electron chi connectivity index (χ1n) is 11.1. The normalized spacial score (nSPS) is 11.3. The van der Waals surface area contributed by atoms with Crippen LogP contribution in [0.15, 0.2) is 65.7 Å². The first kappa shape index (κ1) is 22.1. The first-order valence-corrected chi connectivity index (χ1v) is 11.9. The standard InChI is InChI=1S/C25H23BrN6O2/c1-3-19-21(25(33)34-4-2)23(26)32-22(19)24(27-15-29-32)30-18-10-11-20-17(12-18)13-28-31(20)14-16-8-6-5-7-9-16/h5-13,15H,3-4,14H2,1-2H3,(H,27,29,30). The molecule has 0 aliphatic rings. The number of esters is 1. The van der Waals surface area contributed by atoms with Crippen LogP contribution in [0.2, 0.25) is 0 Å². The van der Waals surface area contributed by atoms with Crippen molar-refractivity contribution in [3.63, 3.8) is 0 Å². The Bertz CT molecular complexity index is 1490. The van der Waals surface area contributed by atoms with Gasteiger partial charge in [-0.05, 0) is 58.6 Å². The number of carbonyl (C=O) groups is 1. The molecule has 172 valence electrons. The van der Waals surface area contributed by atoms with Gasteiger partial charge in [0.1, 0.15) is 16.4 Å². The Morgan fingerprint density at radius 1 is 1.12 bits per heavy atom. The average molecular weight is 519 g/mol. The molecule has 0 fully saturated rings. The van der Waals surface area contributed by atoms with Crippen LogP contribution in [0.1, 0.15) is 35.3 Å². The Labute approximate surface area is 204 Å². The van der Waals surface area contributed by atoms with Gasteiger partial charge in [0, 0.05) is 11.1 Å². The van der Waals surface area contributed by atoms with Crippen molar-refractivity contribution in [3.05, 3.63) is 82.3 Å². The minimum absolute atomic E-state index is 0.301. The number of hydrogen-bond acceptors (Lipinski definition) is 6. The van der Waals surface area contributed by atoms with Crippen molar-refractivity contribution in [2.75, 3.05) is 11.9 Å². The third-order valence-corrected chi connectivity index (χ3v) is 6.42. The van der Waals surface area contributed by atoms with Gasteiger partial charge in [0.15, 0.2) is 5.82 Å². The van der Waals surface area contributed by atoms with Gasteiger partial charge < -0.3 is 10.1 Å². The maximum absolute atomic E-state index is 12.6. The van der Waals surface area contributed by atoms with E-state index < -0.39 is 0 Å². The van der Waals surface area contributed by atoms with Crippen LogP contribution in [0.5, 0.6) is 0 Å². The number of ether oxygens (including phenoxy) is 1. The molecule has 2 aromatic carbocycles. The third-order valence-electron chi connectivity index (χ3n) is 5.68. The molecule has 0 atom stereocenters. The van der Waals surface area contributed by atoms with Gasteiger partial charge in [-0.15, -0.1) is 0 Å². The molecular weight excluding hydrogens is 496 g/mol. The number of anilines is 2. The largest absolute Gasteiger partial charge is 0.462 e. The number of benzene rings is 2. The number of fused-ring (bicyclic) bond motifs is 2. The van der Waals surface area contributed by atoms with E-state index in [0.29, 0.717) is 35.6 Å².